The Balaban J connectivity index is 1.20. The monoisotopic (exact) mass is 457 g/mol. The number of hydrazine groups is 1. The fourth-order valence-corrected chi connectivity index (χ4v) is 5.13. The zero-order chi connectivity index (χ0) is 22.9. The van der Waals surface area contributed by atoms with Gasteiger partial charge in [0.1, 0.15) is 11.6 Å². The number of nitrogens with one attached hydrogen (secondary N) is 2. The van der Waals surface area contributed by atoms with Gasteiger partial charge in [0.15, 0.2) is 5.82 Å². The lowest BCUT2D eigenvalue weighted by atomic mass is 10.0. The molecule has 1 atom stereocenters. The Labute approximate surface area is 200 Å². The number of anilines is 3. The van der Waals surface area contributed by atoms with Gasteiger partial charge in [0.2, 0.25) is 5.95 Å². The van der Waals surface area contributed by atoms with Crippen molar-refractivity contribution in [2.45, 2.75) is 25.6 Å². The van der Waals surface area contributed by atoms with Crippen molar-refractivity contribution in [1.29, 1.82) is 0 Å². The lowest BCUT2D eigenvalue weighted by Crippen LogP contribution is -2.46. The number of methoxy groups -OCH3 is 1. The summed E-state index contributed by atoms with van der Waals surface area (Å²) in [5.74, 6) is 3.68. The molecule has 0 saturated carbocycles. The van der Waals surface area contributed by atoms with E-state index in [4.69, 9.17) is 14.7 Å². The number of piperazine rings is 1. The molecule has 8 nitrogen and oxygen atoms in total. The van der Waals surface area contributed by atoms with E-state index in [1.807, 2.05) is 12.1 Å². The van der Waals surface area contributed by atoms with Crippen molar-refractivity contribution >= 4 is 17.6 Å². The number of aromatic nitrogens is 2. The summed E-state index contributed by atoms with van der Waals surface area (Å²) < 4.78 is 5.32. The molecule has 34 heavy (non-hydrogen) atoms. The molecular weight excluding hydrogens is 426 g/mol. The van der Waals surface area contributed by atoms with E-state index >= 15 is 0 Å². The van der Waals surface area contributed by atoms with E-state index < -0.39 is 0 Å². The Morgan fingerprint density at radius 3 is 2.41 bits per heavy atom. The molecule has 1 aromatic heterocycles. The van der Waals surface area contributed by atoms with Gasteiger partial charge in [-0.15, -0.1) is 0 Å². The topological polar surface area (TPSA) is 68.8 Å². The molecule has 4 heterocycles. The molecule has 8 heteroatoms. The average molecular weight is 458 g/mol. The Morgan fingerprint density at radius 2 is 1.65 bits per heavy atom. The van der Waals surface area contributed by atoms with E-state index in [1.54, 1.807) is 7.11 Å². The van der Waals surface area contributed by atoms with Gasteiger partial charge in [-0.2, -0.15) is 9.97 Å². The number of hydrogen-bond donors (Lipinski definition) is 2. The molecule has 0 bridgehead atoms. The molecule has 3 aliphatic rings. The predicted octanol–water partition coefficient (Wildman–Crippen LogP) is 3.19. The maximum absolute atomic E-state index is 5.32. The highest BCUT2D eigenvalue weighted by Gasteiger charge is 2.35. The van der Waals surface area contributed by atoms with Gasteiger partial charge >= 0.3 is 0 Å². The highest BCUT2D eigenvalue weighted by Crippen LogP contribution is 2.41. The third kappa shape index (κ3) is 4.15. The molecule has 6 rings (SSSR count). The third-order valence-corrected chi connectivity index (χ3v) is 7.05. The zero-order valence-corrected chi connectivity index (χ0v) is 19.6. The summed E-state index contributed by atoms with van der Waals surface area (Å²) >= 11 is 0. The second-order valence-electron chi connectivity index (χ2n) is 9.24. The summed E-state index contributed by atoms with van der Waals surface area (Å²) in [6, 6.07) is 19.3. The van der Waals surface area contributed by atoms with Crippen molar-refractivity contribution in [1.82, 2.24) is 20.3 Å². The predicted molar refractivity (Wildman–Crippen MR) is 134 cm³/mol. The highest BCUT2D eigenvalue weighted by molar-refractivity contribution is 5.67. The minimum atomic E-state index is 0.272. The van der Waals surface area contributed by atoms with Crippen molar-refractivity contribution in [3.8, 4) is 5.75 Å². The first-order valence-electron chi connectivity index (χ1n) is 12.1. The maximum atomic E-state index is 5.32. The second-order valence-corrected chi connectivity index (χ2v) is 9.24. The molecule has 3 aromatic rings. The van der Waals surface area contributed by atoms with Crippen molar-refractivity contribution in [3.05, 3.63) is 71.3 Å². The van der Waals surface area contributed by atoms with Crippen LogP contribution in [0.1, 0.15) is 29.2 Å². The SMILES string of the molecule is COc1ccc(CN2CCC3NNc4nc(N5CCN(Cc6ccccc6)CC5)nc2c43)cc1. The van der Waals surface area contributed by atoms with E-state index in [0.29, 0.717) is 0 Å². The Bertz CT molecular complexity index is 1130. The average Bonchev–Trinajstić information content (AvgIpc) is 3.31. The van der Waals surface area contributed by atoms with Gasteiger partial charge < -0.3 is 20.0 Å². The number of ether oxygens (including phenoxy) is 1. The van der Waals surface area contributed by atoms with Gasteiger partial charge in [0.25, 0.3) is 0 Å². The van der Waals surface area contributed by atoms with E-state index in [2.05, 4.69) is 68.0 Å². The van der Waals surface area contributed by atoms with E-state index in [9.17, 15) is 0 Å². The number of nitrogens with zero attached hydrogens (tertiary/aromatic N) is 5. The van der Waals surface area contributed by atoms with Crippen LogP contribution in [0, 0.1) is 0 Å². The summed E-state index contributed by atoms with van der Waals surface area (Å²) in [6.45, 7) is 6.65. The number of benzene rings is 2. The van der Waals surface area contributed by atoms with Crippen LogP contribution in [0.3, 0.4) is 0 Å². The van der Waals surface area contributed by atoms with Crippen molar-refractivity contribution < 1.29 is 4.74 Å². The summed E-state index contributed by atoms with van der Waals surface area (Å²) in [7, 11) is 1.70. The highest BCUT2D eigenvalue weighted by atomic mass is 16.5. The van der Waals surface area contributed by atoms with Gasteiger partial charge in [0.05, 0.1) is 18.7 Å². The first kappa shape index (κ1) is 21.2. The molecule has 0 spiro atoms. The molecule has 1 fully saturated rings. The lowest BCUT2D eigenvalue weighted by Gasteiger charge is -2.36. The zero-order valence-electron chi connectivity index (χ0n) is 19.6. The standard InChI is InChI=1S/C26H31N7O/c1-34-21-9-7-20(8-10-21)18-33-12-11-22-23-24(30-29-22)27-26(28-25(23)33)32-15-13-31(14-16-32)17-19-5-3-2-4-6-19/h2-10,22,29H,11-18H2,1H3,(H,27,28,30). The van der Waals surface area contributed by atoms with Crippen LogP contribution in [0.2, 0.25) is 0 Å². The molecule has 3 aliphatic heterocycles. The number of hydrogen-bond acceptors (Lipinski definition) is 8. The Morgan fingerprint density at radius 1 is 0.882 bits per heavy atom. The van der Waals surface area contributed by atoms with Crippen LogP contribution >= 0.6 is 0 Å². The molecular formula is C26H31N7O. The Hall–Kier alpha value is -3.36. The van der Waals surface area contributed by atoms with Crippen molar-refractivity contribution in [2.75, 3.05) is 55.1 Å². The number of rotatable bonds is 6. The van der Waals surface area contributed by atoms with Crippen LogP contribution in [-0.2, 0) is 13.1 Å². The largest absolute Gasteiger partial charge is 0.497 e. The summed E-state index contributed by atoms with van der Waals surface area (Å²) in [5, 5.41) is 0. The van der Waals surface area contributed by atoms with Crippen molar-refractivity contribution in [3.63, 3.8) is 0 Å². The van der Waals surface area contributed by atoms with Gasteiger partial charge in [-0.3, -0.25) is 4.90 Å². The minimum absolute atomic E-state index is 0.272. The van der Waals surface area contributed by atoms with Crippen LogP contribution in [0.4, 0.5) is 17.6 Å². The molecule has 0 amide bonds. The lowest BCUT2D eigenvalue weighted by molar-refractivity contribution is 0.248. The molecule has 2 aromatic carbocycles. The maximum Gasteiger partial charge on any atom is 0.229 e. The van der Waals surface area contributed by atoms with E-state index in [0.717, 1.165) is 75.6 Å². The molecule has 2 N–H and O–H groups in total. The van der Waals surface area contributed by atoms with Crippen LogP contribution in [-0.4, -0.2) is 54.7 Å². The fraction of sp³-hybridized carbons (Fsp3) is 0.385. The van der Waals surface area contributed by atoms with Crippen LogP contribution < -0.4 is 25.4 Å². The van der Waals surface area contributed by atoms with Gasteiger partial charge in [-0.1, -0.05) is 42.5 Å². The molecule has 176 valence electrons. The van der Waals surface area contributed by atoms with Gasteiger partial charge in [-0.05, 0) is 29.7 Å². The van der Waals surface area contributed by atoms with Gasteiger partial charge in [0, 0.05) is 45.8 Å². The normalized spacial score (nSPS) is 19.6. The van der Waals surface area contributed by atoms with Crippen LogP contribution in [0.15, 0.2) is 54.6 Å². The van der Waals surface area contributed by atoms with E-state index in [-0.39, 0.29) is 6.04 Å². The molecule has 0 aliphatic carbocycles. The first-order valence-corrected chi connectivity index (χ1v) is 12.1. The van der Waals surface area contributed by atoms with Crippen LogP contribution in [0.25, 0.3) is 0 Å². The molecule has 0 radical (unpaired) electrons. The van der Waals surface area contributed by atoms with Gasteiger partial charge in [-0.25, -0.2) is 5.43 Å². The van der Waals surface area contributed by atoms with Crippen molar-refractivity contribution in [2.24, 2.45) is 0 Å². The fourth-order valence-electron chi connectivity index (χ4n) is 5.13. The van der Waals surface area contributed by atoms with Crippen LogP contribution in [0.5, 0.6) is 5.75 Å². The Kier molecular flexibility index (Phi) is 5.68. The third-order valence-electron chi connectivity index (χ3n) is 7.05. The first-order chi connectivity index (χ1) is 16.8. The summed E-state index contributed by atoms with van der Waals surface area (Å²) in [4.78, 5) is 17.3. The van der Waals surface area contributed by atoms with E-state index in [1.165, 1.54) is 16.7 Å². The second kappa shape index (κ2) is 9.12. The smallest absolute Gasteiger partial charge is 0.229 e. The summed E-state index contributed by atoms with van der Waals surface area (Å²) in [5.41, 5.74) is 10.5. The quantitative estimate of drug-likeness (QED) is 0.585. The summed E-state index contributed by atoms with van der Waals surface area (Å²) in [6.07, 6.45) is 1.03. The molecule has 1 unspecified atom stereocenters. The minimum Gasteiger partial charge on any atom is -0.497 e. The molecule has 1 saturated heterocycles.